The second kappa shape index (κ2) is 7.13. The summed E-state index contributed by atoms with van der Waals surface area (Å²) in [5, 5.41) is 9.73. The van der Waals surface area contributed by atoms with Crippen molar-refractivity contribution in [3.63, 3.8) is 0 Å². The number of aromatic nitrogens is 3. The number of ether oxygens (including phenoxy) is 1. The summed E-state index contributed by atoms with van der Waals surface area (Å²) in [4.78, 5) is 20.7. The first-order chi connectivity index (χ1) is 12.3. The molecule has 25 heavy (non-hydrogen) atoms. The van der Waals surface area contributed by atoms with Crippen molar-refractivity contribution < 1.29 is 9.53 Å². The van der Waals surface area contributed by atoms with E-state index in [-0.39, 0.29) is 18.1 Å². The van der Waals surface area contributed by atoms with Crippen LogP contribution in [0.1, 0.15) is 54.3 Å². The Balaban J connectivity index is 1.48. The quantitative estimate of drug-likeness (QED) is 0.909. The average Bonchev–Trinajstić information content (AvgIpc) is 3.34. The van der Waals surface area contributed by atoms with Gasteiger partial charge in [-0.2, -0.15) is 5.10 Å². The second-order valence-electron chi connectivity index (χ2n) is 6.55. The van der Waals surface area contributed by atoms with Gasteiger partial charge in [-0.3, -0.25) is 0 Å². The van der Waals surface area contributed by atoms with E-state index < -0.39 is 0 Å². The number of nitrogens with one attached hydrogen (secondary N) is 1. The molecule has 1 fully saturated rings. The number of thiophene rings is 1. The van der Waals surface area contributed by atoms with Gasteiger partial charge in [0.25, 0.3) is 0 Å². The summed E-state index contributed by atoms with van der Waals surface area (Å²) in [6, 6.07) is 4.30. The van der Waals surface area contributed by atoms with Gasteiger partial charge in [-0.1, -0.05) is 6.07 Å². The average molecular weight is 361 g/mol. The van der Waals surface area contributed by atoms with Crippen LogP contribution in [0, 0.1) is 0 Å². The van der Waals surface area contributed by atoms with Crippen molar-refractivity contribution in [3.05, 3.63) is 34.0 Å². The second-order valence-corrected chi connectivity index (χ2v) is 7.53. The SMILES string of the molecule is COCc1nc2n(n1)CCCC2NC(=O)N1CCCC1c1cccs1. The van der Waals surface area contributed by atoms with Crippen LogP contribution >= 0.6 is 11.3 Å². The van der Waals surface area contributed by atoms with Crippen molar-refractivity contribution in [2.24, 2.45) is 0 Å². The minimum atomic E-state index is -0.0797. The van der Waals surface area contributed by atoms with E-state index in [1.54, 1.807) is 18.4 Å². The molecule has 2 aromatic heterocycles. The van der Waals surface area contributed by atoms with Crippen molar-refractivity contribution in [3.8, 4) is 0 Å². The normalized spacial score (nSPS) is 22.8. The van der Waals surface area contributed by atoms with Crippen LogP contribution in [0.25, 0.3) is 0 Å². The summed E-state index contributed by atoms with van der Waals surface area (Å²) in [7, 11) is 1.64. The van der Waals surface area contributed by atoms with Gasteiger partial charge < -0.3 is 15.0 Å². The maximum Gasteiger partial charge on any atom is 0.318 e. The molecule has 0 aromatic carbocycles. The lowest BCUT2D eigenvalue weighted by Gasteiger charge is -2.29. The molecule has 2 aromatic rings. The number of fused-ring (bicyclic) bond motifs is 1. The van der Waals surface area contributed by atoms with E-state index in [1.165, 1.54) is 4.88 Å². The minimum absolute atomic E-state index is 0.00522. The summed E-state index contributed by atoms with van der Waals surface area (Å²) >= 11 is 1.72. The lowest BCUT2D eigenvalue weighted by molar-refractivity contribution is 0.177. The summed E-state index contributed by atoms with van der Waals surface area (Å²) in [6.07, 6.45) is 3.97. The van der Waals surface area contributed by atoms with Gasteiger partial charge in [-0.25, -0.2) is 14.5 Å². The molecule has 2 aliphatic heterocycles. The number of likely N-dealkylation sites (tertiary alicyclic amines) is 1. The topological polar surface area (TPSA) is 72.3 Å². The Morgan fingerprint density at radius 3 is 3.08 bits per heavy atom. The Hall–Kier alpha value is -1.93. The van der Waals surface area contributed by atoms with Gasteiger partial charge in [0.15, 0.2) is 5.82 Å². The Bertz CT molecular complexity index is 729. The van der Waals surface area contributed by atoms with E-state index in [0.29, 0.717) is 12.4 Å². The highest BCUT2D eigenvalue weighted by molar-refractivity contribution is 7.10. The van der Waals surface area contributed by atoms with Gasteiger partial charge in [0.1, 0.15) is 12.4 Å². The number of hydrogen-bond donors (Lipinski definition) is 1. The predicted molar refractivity (Wildman–Crippen MR) is 94.2 cm³/mol. The van der Waals surface area contributed by atoms with Crippen molar-refractivity contribution >= 4 is 17.4 Å². The Morgan fingerprint density at radius 1 is 1.40 bits per heavy atom. The third kappa shape index (κ3) is 3.28. The number of urea groups is 1. The van der Waals surface area contributed by atoms with Crippen molar-refractivity contribution in [1.82, 2.24) is 25.0 Å². The lowest BCUT2D eigenvalue weighted by atomic mass is 10.1. The molecule has 2 aliphatic rings. The number of rotatable bonds is 4. The van der Waals surface area contributed by atoms with Gasteiger partial charge in [0.2, 0.25) is 0 Å². The van der Waals surface area contributed by atoms with Crippen molar-refractivity contribution in [2.45, 2.75) is 50.9 Å². The van der Waals surface area contributed by atoms with Gasteiger partial charge in [-0.05, 0) is 37.1 Å². The molecule has 2 atom stereocenters. The van der Waals surface area contributed by atoms with Gasteiger partial charge in [0.05, 0.1) is 12.1 Å². The van der Waals surface area contributed by atoms with E-state index >= 15 is 0 Å². The number of nitrogens with zero attached hydrogens (tertiary/aromatic N) is 4. The molecule has 4 rings (SSSR count). The first-order valence-corrected chi connectivity index (χ1v) is 9.67. The molecular weight excluding hydrogens is 338 g/mol. The van der Waals surface area contributed by atoms with Crippen LogP contribution in [0.3, 0.4) is 0 Å². The van der Waals surface area contributed by atoms with Crippen LogP contribution in [0.15, 0.2) is 17.5 Å². The number of hydrogen-bond acceptors (Lipinski definition) is 5. The zero-order valence-corrected chi connectivity index (χ0v) is 15.2. The molecule has 4 heterocycles. The summed E-state index contributed by atoms with van der Waals surface area (Å²) in [6.45, 7) is 2.05. The molecule has 0 bridgehead atoms. The molecule has 1 saturated heterocycles. The Kier molecular flexibility index (Phi) is 4.72. The molecule has 0 saturated carbocycles. The molecule has 0 aliphatic carbocycles. The fourth-order valence-corrected chi connectivity index (χ4v) is 4.62. The monoisotopic (exact) mass is 361 g/mol. The maximum absolute atomic E-state index is 12.9. The van der Waals surface area contributed by atoms with E-state index in [1.807, 2.05) is 9.58 Å². The molecule has 2 amide bonds. The molecule has 1 N–H and O–H groups in total. The van der Waals surface area contributed by atoms with E-state index in [9.17, 15) is 4.79 Å². The van der Waals surface area contributed by atoms with Crippen LogP contribution in [0.4, 0.5) is 4.79 Å². The van der Waals surface area contributed by atoms with Gasteiger partial charge in [-0.15, -0.1) is 11.3 Å². The zero-order valence-electron chi connectivity index (χ0n) is 14.4. The van der Waals surface area contributed by atoms with Crippen LogP contribution in [-0.4, -0.2) is 39.4 Å². The number of carbonyl (C=O) groups is 1. The first kappa shape index (κ1) is 16.5. The third-order valence-corrected chi connectivity index (χ3v) is 5.85. The summed E-state index contributed by atoms with van der Waals surface area (Å²) in [5.74, 6) is 1.52. The van der Waals surface area contributed by atoms with Gasteiger partial charge in [0, 0.05) is 25.1 Å². The zero-order chi connectivity index (χ0) is 17.2. The highest BCUT2D eigenvalue weighted by Gasteiger charge is 2.33. The van der Waals surface area contributed by atoms with Crippen LogP contribution in [0.5, 0.6) is 0 Å². The van der Waals surface area contributed by atoms with E-state index in [2.05, 4.69) is 32.9 Å². The minimum Gasteiger partial charge on any atom is -0.377 e. The molecule has 0 radical (unpaired) electrons. The number of methoxy groups -OCH3 is 1. The first-order valence-electron chi connectivity index (χ1n) is 8.79. The molecule has 134 valence electrons. The summed E-state index contributed by atoms with van der Waals surface area (Å²) in [5.41, 5.74) is 0. The molecule has 8 heteroatoms. The maximum atomic E-state index is 12.9. The Labute approximate surface area is 151 Å². The van der Waals surface area contributed by atoms with Crippen LogP contribution < -0.4 is 5.32 Å². The van der Waals surface area contributed by atoms with Gasteiger partial charge >= 0.3 is 6.03 Å². The smallest absolute Gasteiger partial charge is 0.318 e. The van der Waals surface area contributed by atoms with E-state index in [0.717, 1.165) is 44.6 Å². The lowest BCUT2D eigenvalue weighted by Crippen LogP contribution is -2.42. The largest absolute Gasteiger partial charge is 0.377 e. The molecule has 0 spiro atoms. The molecular formula is C17H23N5O2S. The van der Waals surface area contributed by atoms with Crippen molar-refractivity contribution in [1.29, 1.82) is 0 Å². The fraction of sp³-hybridized carbons (Fsp3) is 0.588. The number of amides is 2. The van der Waals surface area contributed by atoms with Crippen LogP contribution in [0.2, 0.25) is 0 Å². The summed E-state index contributed by atoms with van der Waals surface area (Å²) < 4.78 is 7.03. The number of aryl methyl sites for hydroxylation is 1. The highest BCUT2D eigenvalue weighted by Crippen LogP contribution is 2.35. The predicted octanol–water partition coefficient (Wildman–Crippen LogP) is 2.87. The standard InChI is InChI=1S/C17H23N5O2S/c1-24-11-15-19-16-12(5-2-9-22(16)20-15)18-17(23)21-8-3-6-13(21)14-7-4-10-25-14/h4,7,10,12-13H,2-3,5-6,8-9,11H2,1H3,(H,18,23). The highest BCUT2D eigenvalue weighted by atomic mass is 32.1. The molecule has 2 unspecified atom stereocenters. The number of carbonyl (C=O) groups excluding carboxylic acids is 1. The fourth-order valence-electron chi connectivity index (χ4n) is 3.74. The Morgan fingerprint density at radius 2 is 2.28 bits per heavy atom. The van der Waals surface area contributed by atoms with Crippen LogP contribution in [-0.2, 0) is 17.9 Å². The van der Waals surface area contributed by atoms with Crippen molar-refractivity contribution in [2.75, 3.05) is 13.7 Å². The van der Waals surface area contributed by atoms with E-state index in [4.69, 9.17) is 4.74 Å². The third-order valence-electron chi connectivity index (χ3n) is 4.88. The molecule has 7 nitrogen and oxygen atoms in total.